The Balaban J connectivity index is 1.76. The largest absolute Gasteiger partial charge is 0.480 e. The number of aliphatic carboxylic acids is 1. The Bertz CT molecular complexity index is 1050. The van der Waals surface area contributed by atoms with E-state index in [1.807, 2.05) is 36.6 Å². The van der Waals surface area contributed by atoms with Crippen molar-refractivity contribution in [2.75, 3.05) is 18.6 Å². The summed E-state index contributed by atoms with van der Waals surface area (Å²) in [5, 5.41) is 14.8. The van der Waals surface area contributed by atoms with E-state index >= 15 is 0 Å². The minimum absolute atomic E-state index is 0.0292. The molecule has 0 aromatic heterocycles. The van der Waals surface area contributed by atoms with Gasteiger partial charge in [-0.1, -0.05) is 30.3 Å². The van der Waals surface area contributed by atoms with Gasteiger partial charge >= 0.3 is 5.97 Å². The highest BCUT2D eigenvalue weighted by atomic mass is 32.2. The zero-order valence-electron chi connectivity index (χ0n) is 18.6. The van der Waals surface area contributed by atoms with Crippen LogP contribution in [0.5, 0.6) is 5.75 Å². The van der Waals surface area contributed by atoms with Crippen LogP contribution in [0.15, 0.2) is 48.5 Å². The van der Waals surface area contributed by atoms with Crippen molar-refractivity contribution in [2.24, 2.45) is 0 Å². The van der Waals surface area contributed by atoms with Crippen molar-refractivity contribution in [3.63, 3.8) is 0 Å². The highest BCUT2D eigenvalue weighted by molar-refractivity contribution is 7.98. The number of nitrogens with one attached hydrogen (secondary N) is 3. The summed E-state index contributed by atoms with van der Waals surface area (Å²) in [5.74, 6) is -0.773. The number of carbonyl (C=O) groups is 3. The zero-order valence-corrected chi connectivity index (χ0v) is 20.2. The van der Waals surface area contributed by atoms with Crippen LogP contribution in [0.1, 0.15) is 29.6 Å². The summed E-state index contributed by atoms with van der Waals surface area (Å²) in [6.07, 6.45) is 3.29. The Morgan fingerprint density at radius 3 is 2.68 bits per heavy atom. The normalized spacial score (nSPS) is 17.0. The van der Waals surface area contributed by atoms with Crippen LogP contribution < -0.4 is 19.5 Å². The number of benzene rings is 2. The fourth-order valence-electron chi connectivity index (χ4n) is 3.47. The Kier molecular flexibility index (Phi) is 9.49. The standard InChI is InChI=1S/C23H27N3O6S2/c1-33-12-11-20(23(29)30)26-22(28)18-9-8-17(13-19(18)15-5-3-2-4-6-15)32-34(31)24-14-16-7-10-21(27)25-16/h2-6,8-9,13,16,20,24H,7,10-12,14H2,1H3,(H,25,27)(H,26,28)(H,29,30)/t16?,20-,34?/m0/s1. The third-order valence-corrected chi connectivity index (χ3v) is 6.63. The van der Waals surface area contributed by atoms with E-state index in [2.05, 4.69) is 15.4 Å². The number of amides is 2. The van der Waals surface area contributed by atoms with Crippen molar-refractivity contribution in [2.45, 2.75) is 31.3 Å². The number of hydrogen-bond acceptors (Lipinski definition) is 6. The molecule has 1 saturated heterocycles. The van der Waals surface area contributed by atoms with E-state index in [9.17, 15) is 23.7 Å². The molecule has 1 heterocycles. The molecule has 1 aliphatic heterocycles. The van der Waals surface area contributed by atoms with Crippen LogP contribution in [0.3, 0.4) is 0 Å². The third-order valence-electron chi connectivity index (χ3n) is 5.24. The van der Waals surface area contributed by atoms with Crippen LogP contribution in [-0.2, 0) is 20.9 Å². The molecule has 2 aromatic rings. The first-order valence-electron chi connectivity index (χ1n) is 10.7. The molecule has 2 aromatic carbocycles. The summed E-state index contributed by atoms with van der Waals surface area (Å²) in [5.41, 5.74) is 1.52. The minimum Gasteiger partial charge on any atom is -0.480 e. The molecule has 182 valence electrons. The van der Waals surface area contributed by atoms with Gasteiger partial charge in [0, 0.05) is 24.6 Å². The van der Waals surface area contributed by atoms with Crippen LogP contribution >= 0.6 is 11.8 Å². The van der Waals surface area contributed by atoms with Gasteiger partial charge in [-0.2, -0.15) is 16.0 Å². The summed E-state index contributed by atoms with van der Waals surface area (Å²) < 4.78 is 20.6. The summed E-state index contributed by atoms with van der Waals surface area (Å²) in [4.78, 5) is 35.9. The second kappa shape index (κ2) is 12.5. The highest BCUT2D eigenvalue weighted by Crippen LogP contribution is 2.28. The average Bonchev–Trinajstić information content (AvgIpc) is 3.25. The van der Waals surface area contributed by atoms with Gasteiger partial charge in [-0.15, -0.1) is 0 Å². The van der Waals surface area contributed by atoms with Crippen molar-refractivity contribution in [1.82, 2.24) is 15.4 Å². The summed E-state index contributed by atoms with van der Waals surface area (Å²) in [6, 6.07) is 12.6. The van der Waals surface area contributed by atoms with E-state index in [0.717, 1.165) is 5.56 Å². The predicted molar refractivity (Wildman–Crippen MR) is 132 cm³/mol. The lowest BCUT2D eigenvalue weighted by Gasteiger charge is -2.17. The van der Waals surface area contributed by atoms with Crippen LogP contribution in [0.4, 0.5) is 0 Å². The van der Waals surface area contributed by atoms with Crippen LogP contribution in [0, 0.1) is 0 Å². The van der Waals surface area contributed by atoms with Crippen molar-refractivity contribution in [3.05, 3.63) is 54.1 Å². The molecule has 1 aliphatic rings. The SMILES string of the molecule is CSCC[C@H](NC(=O)c1ccc(OS(=O)NCC2CCC(=O)N2)cc1-c1ccccc1)C(=O)O. The molecular formula is C23H27N3O6S2. The van der Waals surface area contributed by atoms with Gasteiger partial charge in [0.05, 0.1) is 0 Å². The van der Waals surface area contributed by atoms with Gasteiger partial charge in [-0.3, -0.25) is 9.59 Å². The maximum absolute atomic E-state index is 13.0. The topological polar surface area (TPSA) is 134 Å². The van der Waals surface area contributed by atoms with Crippen molar-refractivity contribution >= 4 is 40.8 Å². The third kappa shape index (κ3) is 7.31. The number of thioether (sulfide) groups is 1. The molecule has 4 N–H and O–H groups in total. The molecular weight excluding hydrogens is 478 g/mol. The van der Waals surface area contributed by atoms with Gasteiger partial charge in [0.25, 0.3) is 17.2 Å². The molecule has 0 bridgehead atoms. The fraction of sp³-hybridized carbons (Fsp3) is 0.348. The maximum atomic E-state index is 13.0. The molecule has 1 fully saturated rings. The Hall–Kier alpha value is -2.89. The molecule has 2 unspecified atom stereocenters. The second-order valence-electron chi connectivity index (χ2n) is 7.69. The van der Waals surface area contributed by atoms with E-state index < -0.39 is 29.2 Å². The van der Waals surface area contributed by atoms with Gasteiger partial charge in [0.2, 0.25) is 5.91 Å². The molecule has 2 amide bonds. The first kappa shape index (κ1) is 25.7. The lowest BCUT2D eigenvalue weighted by atomic mass is 9.98. The quantitative estimate of drug-likeness (QED) is 0.347. The Morgan fingerprint density at radius 1 is 1.26 bits per heavy atom. The minimum atomic E-state index is -1.86. The Morgan fingerprint density at radius 2 is 2.03 bits per heavy atom. The Labute approximate surface area is 204 Å². The van der Waals surface area contributed by atoms with E-state index in [1.165, 1.54) is 23.9 Å². The van der Waals surface area contributed by atoms with E-state index in [0.29, 0.717) is 37.1 Å². The molecule has 3 atom stereocenters. The number of carboxylic acid groups (broad SMARTS) is 1. The van der Waals surface area contributed by atoms with Crippen molar-refractivity contribution in [1.29, 1.82) is 0 Å². The maximum Gasteiger partial charge on any atom is 0.326 e. The van der Waals surface area contributed by atoms with Gasteiger partial charge in [0.1, 0.15) is 11.8 Å². The van der Waals surface area contributed by atoms with Crippen molar-refractivity contribution in [3.8, 4) is 16.9 Å². The number of carbonyl (C=O) groups excluding carboxylic acids is 2. The fourth-order valence-corrected chi connectivity index (χ4v) is 4.62. The summed E-state index contributed by atoms with van der Waals surface area (Å²) in [6.45, 7) is 0.303. The van der Waals surface area contributed by atoms with Crippen LogP contribution in [0.2, 0.25) is 0 Å². The summed E-state index contributed by atoms with van der Waals surface area (Å²) in [7, 11) is 0. The molecule has 0 saturated carbocycles. The van der Waals surface area contributed by atoms with E-state index in [4.69, 9.17) is 4.18 Å². The monoisotopic (exact) mass is 505 g/mol. The highest BCUT2D eigenvalue weighted by Gasteiger charge is 2.23. The second-order valence-corrected chi connectivity index (χ2v) is 9.60. The number of rotatable bonds is 12. The first-order valence-corrected chi connectivity index (χ1v) is 13.2. The smallest absolute Gasteiger partial charge is 0.326 e. The number of hydrogen-bond donors (Lipinski definition) is 4. The van der Waals surface area contributed by atoms with Gasteiger partial charge in [-0.05, 0) is 54.2 Å². The van der Waals surface area contributed by atoms with Gasteiger partial charge in [-0.25, -0.2) is 9.52 Å². The molecule has 9 nitrogen and oxygen atoms in total. The predicted octanol–water partition coefficient (Wildman–Crippen LogP) is 2.12. The van der Waals surface area contributed by atoms with Gasteiger partial charge < -0.3 is 19.9 Å². The van der Waals surface area contributed by atoms with E-state index in [1.54, 1.807) is 6.07 Å². The van der Waals surface area contributed by atoms with Crippen LogP contribution in [-0.4, -0.2) is 57.7 Å². The molecule has 0 spiro atoms. The first-order chi connectivity index (χ1) is 16.4. The molecule has 3 rings (SSSR count). The van der Waals surface area contributed by atoms with Crippen molar-refractivity contribution < 1.29 is 27.9 Å². The van der Waals surface area contributed by atoms with E-state index in [-0.39, 0.29) is 23.3 Å². The lowest BCUT2D eigenvalue weighted by Crippen LogP contribution is -2.41. The number of carboxylic acids is 1. The zero-order chi connectivity index (χ0) is 24.5. The molecule has 0 aliphatic carbocycles. The average molecular weight is 506 g/mol. The molecule has 34 heavy (non-hydrogen) atoms. The lowest BCUT2D eigenvalue weighted by molar-refractivity contribution is -0.139. The molecule has 0 radical (unpaired) electrons. The molecule has 11 heteroatoms. The summed E-state index contributed by atoms with van der Waals surface area (Å²) >= 11 is -0.358. The van der Waals surface area contributed by atoms with Gasteiger partial charge in [0.15, 0.2) is 0 Å². The van der Waals surface area contributed by atoms with Crippen LogP contribution in [0.25, 0.3) is 11.1 Å².